The van der Waals surface area contributed by atoms with Crippen LogP contribution in [-0.4, -0.2) is 6.54 Å². The number of hydrogen-bond acceptors (Lipinski definition) is 1. The molecule has 0 heterocycles. The summed E-state index contributed by atoms with van der Waals surface area (Å²) in [6, 6.07) is 5.64. The molecule has 0 amide bonds. The summed E-state index contributed by atoms with van der Waals surface area (Å²) in [4.78, 5) is 0. The molecule has 0 aliphatic rings. The van der Waals surface area contributed by atoms with Crippen LogP contribution in [-0.2, 0) is 6.18 Å². The Labute approximate surface area is 113 Å². The van der Waals surface area contributed by atoms with Crippen molar-refractivity contribution in [3.63, 3.8) is 0 Å². The second kappa shape index (κ2) is 6.31. The highest BCUT2D eigenvalue weighted by atomic mass is 19.4. The number of alkyl halides is 3. The van der Waals surface area contributed by atoms with Crippen LogP contribution >= 0.6 is 0 Å². The zero-order valence-electron chi connectivity index (χ0n) is 11.9. The molecule has 4 heteroatoms. The van der Waals surface area contributed by atoms with Crippen LogP contribution in [0.2, 0.25) is 0 Å². The zero-order valence-corrected chi connectivity index (χ0v) is 11.9. The Morgan fingerprint density at radius 1 is 1.00 bits per heavy atom. The van der Waals surface area contributed by atoms with Gasteiger partial charge in [0.1, 0.15) is 0 Å². The molecule has 0 radical (unpaired) electrons. The Morgan fingerprint density at radius 3 is 2.00 bits per heavy atom. The second-order valence-electron chi connectivity index (χ2n) is 5.58. The van der Waals surface area contributed by atoms with E-state index in [1.807, 2.05) is 0 Å². The van der Waals surface area contributed by atoms with Crippen molar-refractivity contribution in [2.24, 2.45) is 17.8 Å². The fourth-order valence-corrected chi connectivity index (χ4v) is 2.35. The highest BCUT2D eigenvalue weighted by Gasteiger charge is 2.33. The second-order valence-corrected chi connectivity index (χ2v) is 5.58. The summed E-state index contributed by atoms with van der Waals surface area (Å²) in [7, 11) is 0. The number of anilines is 1. The van der Waals surface area contributed by atoms with Crippen molar-refractivity contribution in [2.45, 2.75) is 33.9 Å². The van der Waals surface area contributed by atoms with Gasteiger partial charge >= 0.3 is 6.18 Å². The van der Waals surface area contributed by atoms with E-state index >= 15 is 0 Å². The Balaban J connectivity index is 2.83. The molecule has 0 unspecified atom stereocenters. The molecule has 0 saturated heterocycles. The Morgan fingerprint density at radius 2 is 1.53 bits per heavy atom. The monoisotopic (exact) mass is 273 g/mol. The molecule has 0 bridgehead atoms. The van der Waals surface area contributed by atoms with Gasteiger partial charge in [-0.2, -0.15) is 13.2 Å². The number of halogens is 3. The quantitative estimate of drug-likeness (QED) is 0.792. The van der Waals surface area contributed by atoms with Gasteiger partial charge in [0.05, 0.1) is 5.56 Å². The SMILES string of the molecule is CC(C)C(CNc1ccccc1C(F)(F)F)C(C)C. The maximum absolute atomic E-state index is 12.8. The topological polar surface area (TPSA) is 12.0 Å². The maximum atomic E-state index is 12.8. The maximum Gasteiger partial charge on any atom is 0.418 e. The molecule has 0 aliphatic heterocycles. The third-order valence-electron chi connectivity index (χ3n) is 3.47. The molecule has 19 heavy (non-hydrogen) atoms. The molecule has 0 saturated carbocycles. The van der Waals surface area contributed by atoms with E-state index in [2.05, 4.69) is 33.0 Å². The predicted octanol–water partition coefficient (Wildman–Crippen LogP) is 5.05. The summed E-state index contributed by atoms with van der Waals surface area (Å²) in [6.45, 7) is 8.95. The zero-order chi connectivity index (χ0) is 14.6. The fourth-order valence-electron chi connectivity index (χ4n) is 2.35. The lowest BCUT2D eigenvalue weighted by atomic mass is 9.85. The number of rotatable bonds is 5. The van der Waals surface area contributed by atoms with Gasteiger partial charge < -0.3 is 5.32 Å². The van der Waals surface area contributed by atoms with E-state index in [1.165, 1.54) is 12.1 Å². The van der Waals surface area contributed by atoms with Crippen molar-refractivity contribution in [2.75, 3.05) is 11.9 Å². The highest BCUT2D eigenvalue weighted by molar-refractivity contribution is 5.52. The van der Waals surface area contributed by atoms with Crippen LogP contribution in [0.25, 0.3) is 0 Å². The van der Waals surface area contributed by atoms with Crippen LogP contribution in [0.5, 0.6) is 0 Å². The van der Waals surface area contributed by atoms with Crippen LogP contribution < -0.4 is 5.32 Å². The predicted molar refractivity (Wildman–Crippen MR) is 73.1 cm³/mol. The van der Waals surface area contributed by atoms with E-state index in [1.54, 1.807) is 6.07 Å². The fraction of sp³-hybridized carbons (Fsp3) is 0.600. The van der Waals surface area contributed by atoms with E-state index in [4.69, 9.17) is 0 Å². The lowest BCUT2D eigenvalue weighted by Gasteiger charge is -2.26. The first-order chi connectivity index (χ1) is 8.73. The van der Waals surface area contributed by atoms with Crippen molar-refractivity contribution in [1.29, 1.82) is 0 Å². The van der Waals surface area contributed by atoms with Gasteiger partial charge in [-0.05, 0) is 29.9 Å². The first kappa shape index (κ1) is 15.9. The molecule has 1 N–H and O–H groups in total. The van der Waals surface area contributed by atoms with Crippen molar-refractivity contribution in [3.05, 3.63) is 29.8 Å². The van der Waals surface area contributed by atoms with Gasteiger partial charge in [0.15, 0.2) is 0 Å². The minimum absolute atomic E-state index is 0.168. The van der Waals surface area contributed by atoms with E-state index in [0.29, 0.717) is 24.3 Å². The van der Waals surface area contributed by atoms with Crippen LogP contribution in [0.1, 0.15) is 33.3 Å². The normalized spacial score (nSPS) is 12.5. The molecule has 1 aromatic rings. The molecule has 108 valence electrons. The van der Waals surface area contributed by atoms with Gasteiger partial charge in [-0.25, -0.2) is 0 Å². The number of para-hydroxylation sites is 1. The van der Waals surface area contributed by atoms with Gasteiger partial charge in [0, 0.05) is 12.2 Å². The Kier molecular flexibility index (Phi) is 5.27. The minimum atomic E-state index is -4.31. The number of nitrogens with one attached hydrogen (secondary N) is 1. The number of benzene rings is 1. The standard InChI is InChI=1S/C15H22F3N/c1-10(2)12(11(3)4)9-19-14-8-6-5-7-13(14)15(16,17)18/h5-8,10-12,19H,9H2,1-4H3. The Hall–Kier alpha value is -1.19. The molecule has 0 atom stereocenters. The van der Waals surface area contributed by atoms with E-state index < -0.39 is 11.7 Å². The van der Waals surface area contributed by atoms with Crippen LogP contribution in [0.3, 0.4) is 0 Å². The summed E-state index contributed by atoms with van der Waals surface area (Å²) >= 11 is 0. The van der Waals surface area contributed by atoms with Crippen molar-refractivity contribution >= 4 is 5.69 Å². The summed E-state index contributed by atoms with van der Waals surface area (Å²) < 4.78 is 38.5. The molecule has 1 aromatic carbocycles. The average molecular weight is 273 g/mol. The summed E-state index contributed by atoms with van der Waals surface area (Å²) in [5.74, 6) is 1.22. The van der Waals surface area contributed by atoms with Crippen LogP contribution in [0, 0.1) is 17.8 Å². The summed E-state index contributed by atoms with van der Waals surface area (Å²) in [5.41, 5.74) is -0.428. The van der Waals surface area contributed by atoms with Gasteiger partial charge in [-0.1, -0.05) is 39.8 Å². The molecule has 0 aromatic heterocycles. The van der Waals surface area contributed by atoms with Crippen molar-refractivity contribution in [3.8, 4) is 0 Å². The van der Waals surface area contributed by atoms with Crippen molar-refractivity contribution in [1.82, 2.24) is 0 Å². The Bertz CT molecular complexity index is 389. The molecular formula is C15H22F3N. The molecule has 1 rings (SSSR count). The van der Waals surface area contributed by atoms with Gasteiger partial charge in [0.2, 0.25) is 0 Å². The van der Waals surface area contributed by atoms with E-state index in [9.17, 15) is 13.2 Å². The average Bonchev–Trinajstić information content (AvgIpc) is 2.27. The van der Waals surface area contributed by atoms with Crippen LogP contribution in [0.15, 0.2) is 24.3 Å². The van der Waals surface area contributed by atoms with E-state index in [-0.39, 0.29) is 5.69 Å². The molecule has 1 nitrogen and oxygen atoms in total. The van der Waals surface area contributed by atoms with Gasteiger partial charge in [-0.15, -0.1) is 0 Å². The summed E-state index contributed by atoms with van der Waals surface area (Å²) in [6.07, 6.45) is -4.31. The highest BCUT2D eigenvalue weighted by Crippen LogP contribution is 2.35. The van der Waals surface area contributed by atoms with Crippen LogP contribution in [0.4, 0.5) is 18.9 Å². The third-order valence-corrected chi connectivity index (χ3v) is 3.47. The van der Waals surface area contributed by atoms with E-state index in [0.717, 1.165) is 6.07 Å². The lowest BCUT2D eigenvalue weighted by Crippen LogP contribution is -2.25. The molecular weight excluding hydrogens is 251 g/mol. The lowest BCUT2D eigenvalue weighted by molar-refractivity contribution is -0.136. The van der Waals surface area contributed by atoms with Crippen molar-refractivity contribution < 1.29 is 13.2 Å². The third kappa shape index (κ3) is 4.44. The molecule has 0 aliphatic carbocycles. The molecule has 0 spiro atoms. The number of hydrogen-bond donors (Lipinski definition) is 1. The van der Waals surface area contributed by atoms with Gasteiger partial charge in [-0.3, -0.25) is 0 Å². The smallest absolute Gasteiger partial charge is 0.384 e. The first-order valence-corrected chi connectivity index (χ1v) is 6.63. The molecule has 0 fully saturated rings. The largest absolute Gasteiger partial charge is 0.418 e. The first-order valence-electron chi connectivity index (χ1n) is 6.63. The summed E-state index contributed by atoms with van der Waals surface area (Å²) in [5, 5.41) is 2.96. The minimum Gasteiger partial charge on any atom is -0.384 e. The van der Waals surface area contributed by atoms with Gasteiger partial charge in [0.25, 0.3) is 0 Å².